The zero-order chi connectivity index (χ0) is 21.8. The molecule has 1 aliphatic rings. The zero-order valence-corrected chi connectivity index (χ0v) is 16.7. The van der Waals surface area contributed by atoms with Crippen molar-refractivity contribution >= 4 is 27.5 Å². The maximum Gasteiger partial charge on any atom is 0.416 e. The second kappa shape index (κ2) is 8.86. The lowest BCUT2D eigenvalue weighted by atomic mass is 10.1. The standard InChI is InChI=1S/C20H20F3N3O3S/c21-20(22,23)15-8-9-17-16(13-15)25-18(26-30(17,28)29)10-11-19(27)24-12-4-7-14-5-2-1-3-6-14/h1-3,5-6,8-9,13H,4,7,10-12H2,(H,24,27)(H,25,26). The quantitative estimate of drug-likeness (QED) is 0.644. The SMILES string of the molecule is O=C(CCC1=NS(=O)(=O)c2ccc(C(F)(F)F)cc2N1)NCCCc1ccccc1. The first-order valence-corrected chi connectivity index (χ1v) is 10.7. The van der Waals surface area contributed by atoms with Crippen molar-refractivity contribution in [2.45, 2.75) is 36.8 Å². The van der Waals surface area contributed by atoms with Gasteiger partial charge in [-0.15, -0.1) is 4.40 Å². The molecule has 0 aliphatic carbocycles. The lowest BCUT2D eigenvalue weighted by Gasteiger charge is -2.19. The zero-order valence-electron chi connectivity index (χ0n) is 15.9. The van der Waals surface area contributed by atoms with Crippen LogP contribution in [-0.4, -0.2) is 26.7 Å². The van der Waals surface area contributed by atoms with E-state index in [1.54, 1.807) is 0 Å². The van der Waals surface area contributed by atoms with Crippen LogP contribution < -0.4 is 10.6 Å². The van der Waals surface area contributed by atoms with Gasteiger partial charge in [0.2, 0.25) is 5.91 Å². The molecule has 1 aliphatic heterocycles. The summed E-state index contributed by atoms with van der Waals surface area (Å²) in [7, 11) is -4.13. The number of fused-ring (bicyclic) bond motifs is 1. The number of amides is 1. The van der Waals surface area contributed by atoms with E-state index < -0.39 is 21.8 Å². The first-order chi connectivity index (χ1) is 14.1. The average molecular weight is 439 g/mol. The van der Waals surface area contributed by atoms with Crippen molar-refractivity contribution in [3.63, 3.8) is 0 Å². The van der Waals surface area contributed by atoms with E-state index in [1.807, 2.05) is 30.3 Å². The number of anilines is 1. The third-order valence-electron chi connectivity index (χ3n) is 4.49. The van der Waals surface area contributed by atoms with Crippen molar-refractivity contribution in [3.8, 4) is 0 Å². The molecule has 30 heavy (non-hydrogen) atoms. The van der Waals surface area contributed by atoms with Gasteiger partial charge in [0.25, 0.3) is 10.0 Å². The summed E-state index contributed by atoms with van der Waals surface area (Å²) < 4.78 is 66.7. The molecule has 6 nitrogen and oxygen atoms in total. The number of hydrogen-bond donors (Lipinski definition) is 2. The summed E-state index contributed by atoms with van der Waals surface area (Å²) in [5.41, 5.74) is -0.00550. The average Bonchev–Trinajstić information content (AvgIpc) is 2.69. The molecule has 0 saturated carbocycles. The van der Waals surface area contributed by atoms with Gasteiger partial charge < -0.3 is 10.6 Å². The highest BCUT2D eigenvalue weighted by Crippen LogP contribution is 2.35. The van der Waals surface area contributed by atoms with Gasteiger partial charge in [-0.05, 0) is 36.6 Å². The predicted octanol–water partition coefficient (Wildman–Crippen LogP) is 3.75. The molecular weight excluding hydrogens is 419 g/mol. The molecule has 0 radical (unpaired) electrons. The number of aryl methyl sites for hydroxylation is 1. The van der Waals surface area contributed by atoms with Gasteiger partial charge in [-0.2, -0.15) is 21.6 Å². The van der Waals surface area contributed by atoms with Crippen molar-refractivity contribution in [1.29, 1.82) is 0 Å². The third kappa shape index (κ3) is 5.59. The number of rotatable bonds is 7. The van der Waals surface area contributed by atoms with E-state index in [-0.39, 0.29) is 35.2 Å². The Kier molecular flexibility index (Phi) is 6.45. The fourth-order valence-corrected chi connectivity index (χ4v) is 4.15. The first-order valence-electron chi connectivity index (χ1n) is 9.28. The molecule has 2 aromatic rings. The van der Waals surface area contributed by atoms with E-state index in [9.17, 15) is 26.4 Å². The van der Waals surface area contributed by atoms with E-state index in [2.05, 4.69) is 15.0 Å². The van der Waals surface area contributed by atoms with E-state index >= 15 is 0 Å². The van der Waals surface area contributed by atoms with Gasteiger partial charge in [0, 0.05) is 19.4 Å². The van der Waals surface area contributed by atoms with Gasteiger partial charge in [0.1, 0.15) is 10.7 Å². The van der Waals surface area contributed by atoms with Crippen molar-refractivity contribution in [2.24, 2.45) is 4.40 Å². The lowest BCUT2D eigenvalue weighted by Crippen LogP contribution is -2.27. The Morgan fingerprint density at radius 1 is 1.07 bits per heavy atom. The monoisotopic (exact) mass is 439 g/mol. The molecule has 2 N–H and O–H groups in total. The Bertz CT molecular complexity index is 1050. The molecule has 0 fully saturated rings. The Morgan fingerprint density at radius 3 is 2.50 bits per heavy atom. The number of nitrogens with zero attached hydrogens (tertiary/aromatic N) is 1. The summed E-state index contributed by atoms with van der Waals surface area (Å²) in [4.78, 5) is 11.7. The number of sulfonamides is 1. The summed E-state index contributed by atoms with van der Waals surface area (Å²) >= 11 is 0. The van der Waals surface area contributed by atoms with Gasteiger partial charge in [-0.25, -0.2) is 0 Å². The number of carbonyl (C=O) groups excluding carboxylic acids is 1. The molecular formula is C20H20F3N3O3S. The Morgan fingerprint density at radius 2 is 1.80 bits per heavy atom. The minimum Gasteiger partial charge on any atom is -0.356 e. The minimum absolute atomic E-state index is 0.0407. The minimum atomic E-state index is -4.60. The lowest BCUT2D eigenvalue weighted by molar-refractivity contribution is -0.137. The number of amidine groups is 1. The smallest absolute Gasteiger partial charge is 0.356 e. The Labute approximate surface area is 172 Å². The van der Waals surface area contributed by atoms with Gasteiger partial charge in [-0.3, -0.25) is 4.79 Å². The van der Waals surface area contributed by atoms with E-state index in [1.165, 1.54) is 0 Å². The number of carbonyl (C=O) groups is 1. The molecule has 0 unspecified atom stereocenters. The largest absolute Gasteiger partial charge is 0.416 e. The Balaban J connectivity index is 1.53. The normalized spacial score (nSPS) is 15.0. The maximum absolute atomic E-state index is 12.9. The van der Waals surface area contributed by atoms with Crippen LogP contribution in [0.15, 0.2) is 57.8 Å². The van der Waals surface area contributed by atoms with Crippen molar-refractivity contribution < 1.29 is 26.4 Å². The summed E-state index contributed by atoms with van der Waals surface area (Å²) in [6.45, 7) is 0.462. The first kappa shape index (κ1) is 21.8. The molecule has 160 valence electrons. The second-order valence-electron chi connectivity index (χ2n) is 6.79. The van der Waals surface area contributed by atoms with Crippen LogP contribution >= 0.6 is 0 Å². The fourth-order valence-electron chi connectivity index (χ4n) is 2.99. The molecule has 10 heteroatoms. The number of alkyl halides is 3. The van der Waals surface area contributed by atoms with Crippen molar-refractivity contribution in [1.82, 2.24) is 5.32 Å². The van der Waals surface area contributed by atoms with E-state index in [0.717, 1.165) is 30.5 Å². The van der Waals surface area contributed by atoms with Crippen LogP contribution in [0, 0.1) is 0 Å². The van der Waals surface area contributed by atoms with Crippen LogP contribution in [0.4, 0.5) is 18.9 Å². The second-order valence-corrected chi connectivity index (χ2v) is 8.36. The Hall–Kier alpha value is -2.88. The molecule has 1 heterocycles. The molecule has 0 aromatic heterocycles. The van der Waals surface area contributed by atoms with Crippen LogP contribution in [-0.2, 0) is 27.4 Å². The van der Waals surface area contributed by atoms with E-state index in [4.69, 9.17) is 0 Å². The third-order valence-corrected chi connectivity index (χ3v) is 5.86. The summed E-state index contributed by atoms with van der Waals surface area (Å²) in [5, 5.41) is 5.34. The molecule has 1 amide bonds. The van der Waals surface area contributed by atoms with E-state index in [0.29, 0.717) is 12.6 Å². The van der Waals surface area contributed by atoms with Crippen LogP contribution in [0.2, 0.25) is 0 Å². The van der Waals surface area contributed by atoms with Crippen molar-refractivity contribution in [3.05, 3.63) is 59.7 Å². The topological polar surface area (TPSA) is 87.6 Å². The molecule has 2 aromatic carbocycles. The van der Waals surface area contributed by atoms with Crippen LogP contribution in [0.5, 0.6) is 0 Å². The summed E-state index contributed by atoms with van der Waals surface area (Å²) in [6.07, 6.45) is -3.13. The highest BCUT2D eigenvalue weighted by atomic mass is 32.2. The summed E-state index contributed by atoms with van der Waals surface area (Å²) in [6, 6.07) is 12.1. The maximum atomic E-state index is 12.9. The van der Waals surface area contributed by atoms with Gasteiger partial charge in [0.05, 0.1) is 11.3 Å². The molecule has 3 rings (SSSR count). The molecule has 0 bridgehead atoms. The number of halogens is 3. The van der Waals surface area contributed by atoms with Gasteiger partial charge in [-0.1, -0.05) is 30.3 Å². The number of hydrogen-bond acceptors (Lipinski definition) is 4. The fraction of sp³-hybridized carbons (Fsp3) is 0.300. The molecule has 0 atom stereocenters. The van der Waals surface area contributed by atoms with Crippen molar-refractivity contribution in [2.75, 3.05) is 11.9 Å². The number of benzene rings is 2. The highest BCUT2D eigenvalue weighted by molar-refractivity contribution is 7.90. The predicted molar refractivity (Wildman–Crippen MR) is 107 cm³/mol. The number of nitrogens with one attached hydrogen (secondary N) is 2. The van der Waals surface area contributed by atoms with Gasteiger partial charge in [0.15, 0.2) is 0 Å². The summed E-state index contributed by atoms with van der Waals surface area (Å²) in [5.74, 6) is -0.360. The molecule has 0 spiro atoms. The van der Waals surface area contributed by atoms with Crippen LogP contribution in [0.25, 0.3) is 0 Å². The van der Waals surface area contributed by atoms with Crippen LogP contribution in [0.1, 0.15) is 30.4 Å². The molecule has 0 saturated heterocycles. The highest BCUT2D eigenvalue weighted by Gasteiger charge is 2.33. The van der Waals surface area contributed by atoms with Crippen LogP contribution in [0.3, 0.4) is 0 Å². The van der Waals surface area contributed by atoms with Gasteiger partial charge >= 0.3 is 6.18 Å².